The third kappa shape index (κ3) is 3.88. The average molecular weight is 331 g/mol. The van der Waals surface area contributed by atoms with E-state index in [0.717, 1.165) is 22.2 Å². The number of aromatic amines is 1. The highest BCUT2D eigenvalue weighted by Crippen LogP contribution is 2.19. The summed E-state index contributed by atoms with van der Waals surface area (Å²) in [4.78, 5) is 12.7. The van der Waals surface area contributed by atoms with Crippen molar-refractivity contribution in [2.24, 2.45) is 10.9 Å². The first-order valence-electron chi connectivity index (χ1n) is 6.87. The minimum Gasteiger partial charge on any atom is -0.394 e. The van der Waals surface area contributed by atoms with E-state index in [1.54, 1.807) is 12.4 Å². The first kappa shape index (κ1) is 17.0. The molecule has 1 aromatic carbocycles. The molecule has 3 N–H and O–H groups in total. The van der Waals surface area contributed by atoms with Crippen molar-refractivity contribution < 1.29 is 4.84 Å². The Bertz CT molecular complexity index is 763. The minimum atomic E-state index is 0. The molecule has 5 nitrogen and oxygen atoms in total. The van der Waals surface area contributed by atoms with Gasteiger partial charge < -0.3 is 15.6 Å². The van der Waals surface area contributed by atoms with Gasteiger partial charge in [-0.25, -0.2) is 0 Å². The maximum atomic E-state index is 5.95. The summed E-state index contributed by atoms with van der Waals surface area (Å²) in [6.45, 7) is 0.771. The van der Waals surface area contributed by atoms with Crippen LogP contribution >= 0.6 is 11.6 Å². The van der Waals surface area contributed by atoms with Gasteiger partial charge in [0.2, 0.25) is 0 Å². The molecule has 3 rings (SSSR count). The lowest BCUT2D eigenvalue weighted by Crippen LogP contribution is -2.09. The van der Waals surface area contributed by atoms with E-state index in [4.69, 9.17) is 22.2 Å². The Morgan fingerprint density at radius 2 is 2.04 bits per heavy atom. The van der Waals surface area contributed by atoms with Crippen molar-refractivity contribution in [3.63, 3.8) is 0 Å². The molecule has 0 spiro atoms. The highest BCUT2D eigenvalue weighted by atomic mass is 35.5. The number of rotatable bonds is 5. The van der Waals surface area contributed by atoms with Gasteiger partial charge in [0, 0.05) is 28.7 Å². The van der Waals surface area contributed by atoms with Crippen molar-refractivity contribution in [3.05, 3.63) is 65.1 Å². The molecule has 6 heteroatoms. The number of halogens is 1. The molecule has 0 atom stereocenters. The highest BCUT2D eigenvalue weighted by Gasteiger charge is 2.11. The zero-order valence-electron chi connectivity index (χ0n) is 11.8. The second-order valence-corrected chi connectivity index (χ2v) is 5.15. The van der Waals surface area contributed by atoms with Gasteiger partial charge in [0.25, 0.3) is 0 Å². The third-order valence-corrected chi connectivity index (χ3v) is 3.41. The topological polar surface area (TPSA) is 76.3 Å². The summed E-state index contributed by atoms with van der Waals surface area (Å²) in [6.07, 6.45) is 3.53. The fourth-order valence-electron chi connectivity index (χ4n) is 2.13. The van der Waals surface area contributed by atoms with Gasteiger partial charge in [-0.2, -0.15) is 0 Å². The van der Waals surface area contributed by atoms with E-state index in [0.29, 0.717) is 23.9 Å². The van der Waals surface area contributed by atoms with Crippen molar-refractivity contribution in [3.8, 4) is 0 Å². The summed E-state index contributed by atoms with van der Waals surface area (Å²) in [5.41, 5.74) is 8.84. The van der Waals surface area contributed by atoms with Crippen LogP contribution in [0.4, 0.5) is 0 Å². The summed E-state index contributed by atoms with van der Waals surface area (Å²) in [5.74, 6) is 0. The van der Waals surface area contributed by atoms with Gasteiger partial charge in [-0.3, -0.25) is 4.98 Å². The van der Waals surface area contributed by atoms with Gasteiger partial charge in [0.15, 0.2) is 0 Å². The molecular formula is C17H19ClN4O. The van der Waals surface area contributed by atoms with Crippen LogP contribution in [0, 0.1) is 0 Å². The van der Waals surface area contributed by atoms with Crippen LogP contribution in [0.3, 0.4) is 0 Å². The Morgan fingerprint density at radius 1 is 1.26 bits per heavy atom. The van der Waals surface area contributed by atoms with Gasteiger partial charge in [-0.1, -0.05) is 36.3 Å². The Hall–Kier alpha value is -2.37. The molecule has 0 unspecified atom stereocenters. The number of hydrogen-bond acceptors (Lipinski definition) is 4. The van der Waals surface area contributed by atoms with Crippen LogP contribution in [0.25, 0.3) is 10.9 Å². The van der Waals surface area contributed by atoms with Crippen LogP contribution in [-0.4, -0.2) is 28.8 Å². The van der Waals surface area contributed by atoms with Crippen LogP contribution in [0.2, 0.25) is 5.02 Å². The molecule has 0 aliphatic rings. The lowest BCUT2D eigenvalue weighted by molar-refractivity contribution is 0.152. The van der Waals surface area contributed by atoms with Crippen molar-refractivity contribution in [1.82, 2.24) is 9.97 Å². The smallest absolute Gasteiger partial charge is 0.133 e. The molecule has 3 aromatic rings. The molecule has 0 radical (unpaired) electrons. The van der Waals surface area contributed by atoms with E-state index < -0.39 is 0 Å². The Morgan fingerprint density at radius 3 is 2.74 bits per heavy atom. The van der Waals surface area contributed by atoms with Gasteiger partial charge in [-0.05, 0) is 24.3 Å². The average Bonchev–Trinajstić information content (AvgIpc) is 2.96. The Balaban J connectivity index is 0.00000192. The van der Waals surface area contributed by atoms with Crippen LogP contribution in [0.1, 0.15) is 18.7 Å². The van der Waals surface area contributed by atoms with Crippen molar-refractivity contribution in [1.29, 1.82) is 0 Å². The lowest BCUT2D eigenvalue weighted by atomic mass is 10.1. The summed E-state index contributed by atoms with van der Waals surface area (Å²) in [7, 11) is 0. The zero-order chi connectivity index (χ0) is 15.4. The van der Waals surface area contributed by atoms with E-state index in [1.165, 1.54) is 0 Å². The number of hydrogen-bond donors (Lipinski definition) is 2. The van der Waals surface area contributed by atoms with Crippen LogP contribution < -0.4 is 5.73 Å². The number of benzene rings is 1. The van der Waals surface area contributed by atoms with Crippen molar-refractivity contribution >= 4 is 28.2 Å². The maximum Gasteiger partial charge on any atom is 0.133 e. The fraction of sp³-hybridized carbons (Fsp3) is 0.176. The SMILES string of the molecule is C.NCCO/N=C(/c1ccc(Cl)cc1)c1cc2ccncc2[nH]1. The molecule has 2 heterocycles. The van der Waals surface area contributed by atoms with Gasteiger partial charge in [0.05, 0.1) is 17.4 Å². The highest BCUT2D eigenvalue weighted by molar-refractivity contribution is 6.30. The number of nitrogens with two attached hydrogens (primary N) is 1. The number of oxime groups is 1. The molecule has 2 aromatic heterocycles. The molecule has 0 aliphatic carbocycles. The summed E-state index contributed by atoms with van der Waals surface area (Å²) in [5, 5.41) is 5.95. The predicted octanol–water partition coefficient (Wildman–Crippen LogP) is 3.58. The Labute approximate surface area is 140 Å². The number of nitrogens with one attached hydrogen (secondary N) is 1. The molecule has 0 aliphatic heterocycles. The van der Waals surface area contributed by atoms with Crippen molar-refractivity contribution in [2.75, 3.05) is 13.2 Å². The number of fused-ring (bicyclic) bond motifs is 1. The summed E-state index contributed by atoms with van der Waals surface area (Å²) in [6, 6.07) is 11.4. The summed E-state index contributed by atoms with van der Waals surface area (Å²) < 4.78 is 0. The molecule has 23 heavy (non-hydrogen) atoms. The Kier molecular flexibility index (Phi) is 5.73. The molecule has 120 valence electrons. The lowest BCUT2D eigenvalue weighted by Gasteiger charge is -2.05. The molecule has 0 fully saturated rings. The molecule has 0 saturated carbocycles. The first-order chi connectivity index (χ1) is 10.8. The second kappa shape index (κ2) is 7.76. The first-order valence-corrected chi connectivity index (χ1v) is 7.25. The summed E-state index contributed by atoms with van der Waals surface area (Å²) >= 11 is 5.95. The monoisotopic (exact) mass is 330 g/mol. The van der Waals surface area contributed by atoms with E-state index in [9.17, 15) is 0 Å². The normalized spacial score (nSPS) is 11.3. The van der Waals surface area contributed by atoms with E-state index in [-0.39, 0.29) is 7.43 Å². The quantitative estimate of drug-likeness (QED) is 0.426. The standard InChI is InChI=1S/C16H15ClN4O.CH4/c17-13-3-1-11(2-4-13)16(21-22-8-6-18)14-9-12-5-7-19-10-15(12)20-14;/h1-5,7,9-10,20H,6,8,18H2;1H4/b21-16-;. The van der Waals surface area contributed by atoms with Crippen LogP contribution in [0.15, 0.2) is 53.9 Å². The fourth-order valence-corrected chi connectivity index (χ4v) is 2.25. The van der Waals surface area contributed by atoms with Gasteiger partial charge in [-0.15, -0.1) is 0 Å². The van der Waals surface area contributed by atoms with E-state index in [2.05, 4.69) is 15.1 Å². The number of aromatic nitrogens is 2. The van der Waals surface area contributed by atoms with Gasteiger partial charge >= 0.3 is 0 Å². The maximum absolute atomic E-state index is 5.95. The molecular weight excluding hydrogens is 312 g/mol. The van der Waals surface area contributed by atoms with E-state index >= 15 is 0 Å². The van der Waals surface area contributed by atoms with Crippen LogP contribution in [0.5, 0.6) is 0 Å². The number of H-pyrrole nitrogens is 1. The molecule has 0 saturated heterocycles. The van der Waals surface area contributed by atoms with Gasteiger partial charge in [0.1, 0.15) is 12.3 Å². The largest absolute Gasteiger partial charge is 0.394 e. The minimum absolute atomic E-state index is 0. The van der Waals surface area contributed by atoms with Crippen LogP contribution in [-0.2, 0) is 4.84 Å². The van der Waals surface area contributed by atoms with Crippen molar-refractivity contribution in [2.45, 2.75) is 7.43 Å². The number of nitrogens with zero attached hydrogens (tertiary/aromatic N) is 2. The third-order valence-electron chi connectivity index (χ3n) is 3.16. The number of pyridine rings is 1. The second-order valence-electron chi connectivity index (χ2n) is 4.71. The molecule has 0 amide bonds. The molecule has 0 bridgehead atoms. The predicted molar refractivity (Wildman–Crippen MR) is 94.9 cm³/mol. The van der Waals surface area contributed by atoms with E-state index in [1.807, 2.05) is 36.4 Å². The zero-order valence-corrected chi connectivity index (χ0v) is 12.5.